The topological polar surface area (TPSA) is 61.8 Å². The van der Waals surface area contributed by atoms with Crippen molar-refractivity contribution < 1.29 is 23.1 Å². The number of rotatable bonds is 9. The van der Waals surface area contributed by atoms with Crippen LogP contribution in [0.5, 0.6) is 5.75 Å². The summed E-state index contributed by atoms with van der Waals surface area (Å²) in [7, 11) is 0. The highest BCUT2D eigenvalue weighted by Gasteiger charge is 2.12. The van der Waals surface area contributed by atoms with Crippen molar-refractivity contribution >= 4 is 16.9 Å². The predicted octanol–water partition coefficient (Wildman–Crippen LogP) is 5.88. The molecule has 27 heavy (non-hydrogen) atoms. The fraction of sp³-hybridized carbons (Fsp3) is 0.318. The van der Waals surface area contributed by atoms with E-state index in [0.29, 0.717) is 22.7 Å². The molecule has 0 aliphatic heterocycles. The summed E-state index contributed by atoms with van der Waals surface area (Å²) in [6.45, 7) is 7.12. The Balaban J connectivity index is 1.67. The van der Waals surface area contributed by atoms with Gasteiger partial charge in [-0.2, -0.15) is 0 Å². The summed E-state index contributed by atoms with van der Waals surface area (Å²) in [4.78, 5) is 11.4. The van der Waals surface area contributed by atoms with Gasteiger partial charge in [0.25, 0.3) is 0 Å². The van der Waals surface area contributed by atoms with Gasteiger partial charge >= 0.3 is 5.97 Å². The van der Waals surface area contributed by atoms with E-state index in [0.717, 1.165) is 29.7 Å². The van der Waals surface area contributed by atoms with Gasteiger partial charge in [0.2, 0.25) is 6.79 Å². The van der Waals surface area contributed by atoms with Crippen LogP contribution in [0.25, 0.3) is 22.5 Å². The first-order chi connectivity index (χ1) is 13.1. The maximum Gasteiger partial charge on any atom is 0.335 e. The Bertz CT molecular complexity index is 931. The van der Waals surface area contributed by atoms with Crippen molar-refractivity contribution in [1.29, 1.82) is 0 Å². The van der Waals surface area contributed by atoms with Crippen LogP contribution in [-0.2, 0) is 16.0 Å². The van der Waals surface area contributed by atoms with E-state index in [1.54, 1.807) is 19.1 Å². The quantitative estimate of drug-likeness (QED) is 0.204. The molecular formula is C22H24O5. The fourth-order valence-electron chi connectivity index (χ4n) is 2.69. The zero-order chi connectivity index (χ0) is 19.2. The molecule has 2 aromatic heterocycles. The smallest absolute Gasteiger partial charge is 0.335 e. The largest absolute Gasteiger partial charge is 0.458 e. The van der Waals surface area contributed by atoms with Crippen molar-refractivity contribution in [2.75, 3.05) is 6.79 Å². The zero-order valence-corrected chi connectivity index (χ0v) is 15.7. The van der Waals surface area contributed by atoms with Gasteiger partial charge in [-0.25, -0.2) is 4.79 Å². The van der Waals surface area contributed by atoms with Crippen LogP contribution >= 0.6 is 0 Å². The maximum atomic E-state index is 11.4. The van der Waals surface area contributed by atoms with Gasteiger partial charge in [0.1, 0.15) is 17.1 Å². The van der Waals surface area contributed by atoms with Crippen molar-refractivity contribution in [3.8, 4) is 17.3 Å². The minimum Gasteiger partial charge on any atom is -0.458 e. The second-order valence-corrected chi connectivity index (χ2v) is 6.51. The van der Waals surface area contributed by atoms with E-state index < -0.39 is 5.97 Å². The lowest BCUT2D eigenvalue weighted by molar-refractivity contribution is -0.145. The monoisotopic (exact) mass is 368 g/mol. The first-order valence-corrected chi connectivity index (χ1v) is 9.15. The van der Waals surface area contributed by atoms with Crippen LogP contribution in [0.1, 0.15) is 38.9 Å². The molecule has 0 fully saturated rings. The molecule has 3 aromatic rings. The summed E-state index contributed by atoms with van der Waals surface area (Å²) in [5.74, 6) is 2.44. The van der Waals surface area contributed by atoms with E-state index >= 15 is 0 Å². The molecule has 0 atom stereocenters. The number of fused-ring (bicyclic) bond motifs is 1. The van der Waals surface area contributed by atoms with E-state index in [1.165, 1.54) is 12.8 Å². The molecule has 0 aliphatic rings. The first kappa shape index (κ1) is 18.8. The highest BCUT2D eigenvalue weighted by atomic mass is 16.7. The van der Waals surface area contributed by atoms with Crippen LogP contribution < -0.4 is 4.74 Å². The number of unbranched alkanes of at least 4 members (excludes halogenated alkanes) is 2. The maximum absolute atomic E-state index is 11.4. The Hall–Kier alpha value is -2.95. The second kappa shape index (κ2) is 8.62. The minimum absolute atomic E-state index is 0.177. The number of furan rings is 2. The molecule has 0 unspecified atom stereocenters. The normalized spacial score (nSPS) is 10.9. The molecule has 0 radical (unpaired) electrons. The SMILES string of the molecule is C=C(C)C(=O)OCOc1ccc2cc(-c3ccc(CCCCC)o3)oc2c1. The summed E-state index contributed by atoms with van der Waals surface area (Å²) in [6.07, 6.45) is 4.45. The average molecular weight is 368 g/mol. The number of carbonyl (C=O) groups excluding carboxylic acids is 1. The van der Waals surface area contributed by atoms with Gasteiger partial charge < -0.3 is 18.3 Å². The van der Waals surface area contributed by atoms with E-state index in [9.17, 15) is 4.79 Å². The average Bonchev–Trinajstić information content (AvgIpc) is 3.28. The van der Waals surface area contributed by atoms with Gasteiger partial charge in [-0.3, -0.25) is 0 Å². The van der Waals surface area contributed by atoms with E-state index in [4.69, 9.17) is 18.3 Å². The number of benzene rings is 1. The molecule has 3 rings (SSSR count). The Morgan fingerprint density at radius 1 is 1.07 bits per heavy atom. The molecular weight excluding hydrogens is 344 g/mol. The molecule has 0 spiro atoms. The summed E-state index contributed by atoms with van der Waals surface area (Å²) >= 11 is 0. The predicted molar refractivity (Wildman–Crippen MR) is 104 cm³/mol. The molecule has 5 heteroatoms. The van der Waals surface area contributed by atoms with Crippen molar-refractivity contribution in [1.82, 2.24) is 0 Å². The van der Waals surface area contributed by atoms with Crippen LogP contribution in [-0.4, -0.2) is 12.8 Å². The van der Waals surface area contributed by atoms with Gasteiger partial charge in [-0.15, -0.1) is 0 Å². The molecule has 0 bridgehead atoms. The number of ether oxygens (including phenoxy) is 2. The van der Waals surface area contributed by atoms with Crippen LogP contribution in [0.3, 0.4) is 0 Å². The lowest BCUT2D eigenvalue weighted by Crippen LogP contribution is -2.10. The van der Waals surface area contributed by atoms with Gasteiger partial charge in [0.05, 0.1) is 0 Å². The Morgan fingerprint density at radius 2 is 1.93 bits per heavy atom. The number of carbonyl (C=O) groups is 1. The molecule has 5 nitrogen and oxygen atoms in total. The Kier molecular flexibility index (Phi) is 6.01. The standard InChI is InChI=1S/C22H24O5/c1-4-5-6-7-17-10-11-19(26-17)21-12-16-8-9-18(13-20(16)27-21)24-14-25-22(23)15(2)3/h8-13H,2,4-7,14H2,1,3H3. The number of hydrogen-bond donors (Lipinski definition) is 0. The second-order valence-electron chi connectivity index (χ2n) is 6.51. The third-order valence-electron chi connectivity index (χ3n) is 4.19. The molecule has 0 amide bonds. The van der Waals surface area contributed by atoms with Crippen molar-refractivity contribution in [3.05, 3.63) is 54.3 Å². The van der Waals surface area contributed by atoms with E-state index in [1.807, 2.05) is 24.3 Å². The lowest BCUT2D eigenvalue weighted by atomic mass is 10.2. The lowest BCUT2D eigenvalue weighted by Gasteiger charge is -2.06. The fourth-order valence-corrected chi connectivity index (χ4v) is 2.69. The third kappa shape index (κ3) is 4.82. The summed E-state index contributed by atoms with van der Waals surface area (Å²) in [5, 5.41) is 0.945. The van der Waals surface area contributed by atoms with Crippen molar-refractivity contribution in [2.45, 2.75) is 39.5 Å². The van der Waals surface area contributed by atoms with Crippen LogP contribution in [0.4, 0.5) is 0 Å². The molecule has 1 aromatic carbocycles. The first-order valence-electron chi connectivity index (χ1n) is 9.15. The zero-order valence-electron chi connectivity index (χ0n) is 15.7. The van der Waals surface area contributed by atoms with Crippen LogP contribution in [0.2, 0.25) is 0 Å². The van der Waals surface area contributed by atoms with Crippen LogP contribution in [0.15, 0.2) is 57.4 Å². The summed E-state index contributed by atoms with van der Waals surface area (Å²) in [5.41, 5.74) is 1.01. The van der Waals surface area contributed by atoms with Gasteiger partial charge in [-0.1, -0.05) is 26.3 Å². The molecule has 0 saturated carbocycles. The summed E-state index contributed by atoms with van der Waals surface area (Å²) in [6, 6.07) is 11.3. The van der Waals surface area contributed by atoms with Crippen molar-refractivity contribution in [2.24, 2.45) is 0 Å². The summed E-state index contributed by atoms with van der Waals surface area (Å²) < 4.78 is 22.2. The number of hydrogen-bond acceptors (Lipinski definition) is 5. The number of aryl methyl sites for hydroxylation is 1. The van der Waals surface area contributed by atoms with Crippen LogP contribution in [0, 0.1) is 0 Å². The van der Waals surface area contributed by atoms with Gasteiger partial charge in [0, 0.05) is 23.4 Å². The molecule has 0 aliphatic carbocycles. The molecule has 142 valence electrons. The highest BCUT2D eigenvalue weighted by Crippen LogP contribution is 2.31. The van der Waals surface area contributed by atoms with Gasteiger partial charge in [0.15, 0.2) is 11.5 Å². The third-order valence-corrected chi connectivity index (χ3v) is 4.19. The van der Waals surface area contributed by atoms with Crippen molar-refractivity contribution in [3.63, 3.8) is 0 Å². The Labute approximate surface area is 158 Å². The highest BCUT2D eigenvalue weighted by molar-refractivity contribution is 5.87. The molecule has 0 saturated heterocycles. The Morgan fingerprint density at radius 3 is 2.70 bits per heavy atom. The van der Waals surface area contributed by atoms with E-state index in [-0.39, 0.29) is 6.79 Å². The minimum atomic E-state index is -0.482. The number of esters is 1. The van der Waals surface area contributed by atoms with E-state index in [2.05, 4.69) is 13.5 Å². The molecule has 2 heterocycles. The van der Waals surface area contributed by atoms with Gasteiger partial charge in [-0.05, 0) is 43.7 Å². The molecule has 0 N–H and O–H groups in total.